The molecule has 0 spiro atoms. The summed E-state index contributed by atoms with van der Waals surface area (Å²) in [5.74, 6) is 1.70. The lowest BCUT2D eigenvalue weighted by molar-refractivity contribution is 0.280. The van der Waals surface area contributed by atoms with Crippen molar-refractivity contribution in [1.29, 1.82) is 0 Å². The predicted molar refractivity (Wildman–Crippen MR) is 110 cm³/mol. The molecule has 0 saturated carbocycles. The standard InChI is InChI=1S/C19H21ClFN5O2S/c1-26-19(23-24-25-26)29-9-8-22-11-13-4-3-5-17(27-2)18(13)28-12-14-6-7-15(21)10-16(14)20/h3-7,10,22H,8-9,11-12H2,1-2H3. The van der Waals surface area contributed by atoms with E-state index in [0.717, 1.165) is 23.0 Å². The first kappa shape index (κ1) is 21.4. The Morgan fingerprint density at radius 1 is 1.24 bits per heavy atom. The molecule has 0 bridgehead atoms. The van der Waals surface area contributed by atoms with E-state index >= 15 is 0 Å². The molecule has 3 rings (SSSR count). The molecule has 0 unspecified atom stereocenters. The molecule has 29 heavy (non-hydrogen) atoms. The molecule has 1 N–H and O–H groups in total. The smallest absolute Gasteiger partial charge is 0.209 e. The number of para-hydroxylation sites is 1. The van der Waals surface area contributed by atoms with Gasteiger partial charge in [-0.25, -0.2) is 9.07 Å². The van der Waals surface area contributed by atoms with Gasteiger partial charge in [0.2, 0.25) is 5.16 Å². The summed E-state index contributed by atoms with van der Waals surface area (Å²) in [6.07, 6.45) is 0. The Hall–Kier alpha value is -2.36. The fourth-order valence-electron chi connectivity index (χ4n) is 2.59. The van der Waals surface area contributed by atoms with Gasteiger partial charge in [-0.05, 0) is 28.6 Å². The molecule has 7 nitrogen and oxygen atoms in total. The number of hydrogen-bond donors (Lipinski definition) is 1. The van der Waals surface area contributed by atoms with Gasteiger partial charge in [0.15, 0.2) is 11.5 Å². The van der Waals surface area contributed by atoms with Gasteiger partial charge in [-0.15, -0.1) is 5.10 Å². The maximum atomic E-state index is 13.2. The Kier molecular flexibility index (Phi) is 7.68. The monoisotopic (exact) mass is 437 g/mol. The SMILES string of the molecule is COc1cccc(CNCCSc2nnnn2C)c1OCc1ccc(F)cc1Cl. The van der Waals surface area contributed by atoms with Crippen LogP contribution in [0.15, 0.2) is 41.6 Å². The molecule has 0 aliphatic rings. The maximum Gasteiger partial charge on any atom is 0.209 e. The fraction of sp³-hybridized carbons (Fsp3) is 0.316. The van der Waals surface area contributed by atoms with Gasteiger partial charge in [0.1, 0.15) is 12.4 Å². The van der Waals surface area contributed by atoms with E-state index in [2.05, 4.69) is 20.8 Å². The van der Waals surface area contributed by atoms with Crippen LogP contribution in [0.2, 0.25) is 5.02 Å². The number of halogens is 2. The van der Waals surface area contributed by atoms with Gasteiger partial charge in [-0.2, -0.15) is 0 Å². The number of methoxy groups -OCH3 is 1. The zero-order valence-corrected chi connectivity index (χ0v) is 17.6. The Labute approximate surface area is 177 Å². The third-order valence-electron chi connectivity index (χ3n) is 4.07. The minimum atomic E-state index is -0.379. The van der Waals surface area contributed by atoms with E-state index in [1.165, 1.54) is 12.1 Å². The van der Waals surface area contributed by atoms with Gasteiger partial charge < -0.3 is 14.8 Å². The van der Waals surface area contributed by atoms with Crippen molar-refractivity contribution in [1.82, 2.24) is 25.5 Å². The molecule has 0 atom stereocenters. The van der Waals surface area contributed by atoms with Crippen molar-refractivity contribution in [3.8, 4) is 11.5 Å². The summed E-state index contributed by atoms with van der Waals surface area (Å²) >= 11 is 7.67. The zero-order valence-electron chi connectivity index (χ0n) is 16.1. The van der Waals surface area contributed by atoms with Crippen molar-refractivity contribution in [3.05, 3.63) is 58.4 Å². The van der Waals surface area contributed by atoms with Gasteiger partial charge >= 0.3 is 0 Å². The summed E-state index contributed by atoms with van der Waals surface area (Å²) < 4.78 is 26.3. The van der Waals surface area contributed by atoms with Crippen LogP contribution in [0.25, 0.3) is 0 Å². The van der Waals surface area contributed by atoms with Crippen molar-refractivity contribution >= 4 is 23.4 Å². The van der Waals surface area contributed by atoms with Crippen LogP contribution in [0.3, 0.4) is 0 Å². The number of hydrogen-bond acceptors (Lipinski definition) is 7. The molecule has 3 aromatic rings. The fourth-order valence-corrected chi connectivity index (χ4v) is 3.56. The first-order chi connectivity index (χ1) is 14.1. The number of tetrazole rings is 1. The van der Waals surface area contributed by atoms with E-state index in [1.54, 1.807) is 29.6 Å². The lowest BCUT2D eigenvalue weighted by Gasteiger charge is -2.16. The van der Waals surface area contributed by atoms with Crippen molar-refractivity contribution in [3.63, 3.8) is 0 Å². The van der Waals surface area contributed by atoms with Crippen molar-refractivity contribution in [2.24, 2.45) is 7.05 Å². The topological polar surface area (TPSA) is 74.1 Å². The molecular formula is C19H21ClFN5O2S. The number of aromatic nitrogens is 4. The molecule has 0 aliphatic heterocycles. The van der Waals surface area contributed by atoms with Crippen LogP contribution in [0.5, 0.6) is 11.5 Å². The van der Waals surface area contributed by atoms with E-state index in [9.17, 15) is 4.39 Å². The van der Waals surface area contributed by atoms with Crippen LogP contribution in [-0.2, 0) is 20.2 Å². The van der Waals surface area contributed by atoms with Crippen LogP contribution < -0.4 is 14.8 Å². The van der Waals surface area contributed by atoms with Gasteiger partial charge in [0, 0.05) is 37.0 Å². The highest BCUT2D eigenvalue weighted by molar-refractivity contribution is 7.99. The van der Waals surface area contributed by atoms with Gasteiger partial charge in [-0.1, -0.05) is 41.6 Å². The Bertz CT molecular complexity index is 956. The van der Waals surface area contributed by atoms with Crippen molar-refractivity contribution in [2.75, 3.05) is 19.4 Å². The van der Waals surface area contributed by atoms with E-state index in [0.29, 0.717) is 28.6 Å². The van der Waals surface area contributed by atoms with Gasteiger partial charge in [0.25, 0.3) is 0 Å². The lowest BCUT2D eigenvalue weighted by Crippen LogP contribution is -2.17. The van der Waals surface area contributed by atoms with Crippen LogP contribution >= 0.6 is 23.4 Å². The summed E-state index contributed by atoms with van der Waals surface area (Å²) in [6.45, 7) is 1.57. The normalized spacial score (nSPS) is 10.9. The third-order valence-corrected chi connectivity index (χ3v) is 5.44. The first-order valence-electron chi connectivity index (χ1n) is 8.87. The molecule has 1 aromatic heterocycles. The number of nitrogens with zero attached hydrogens (tertiary/aromatic N) is 4. The Morgan fingerprint density at radius 2 is 2.10 bits per heavy atom. The predicted octanol–water partition coefficient (Wildman–Crippen LogP) is 3.47. The van der Waals surface area contributed by atoms with E-state index in [-0.39, 0.29) is 12.4 Å². The molecule has 0 amide bonds. The highest BCUT2D eigenvalue weighted by Crippen LogP contribution is 2.32. The van der Waals surface area contributed by atoms with Crippen LogP contribution in [0, 0.1) is 5.82 Å². The van der Waals surface area contributed by atoms with E-state index < -0.39 is 0 Å². The van der Waals surface area contributed by atoms with Gasteiger partial charge in [0.05, 0.1) is 12.1 Å². The van der Waals surface area contributed by atoms with E-state index in [4.69, 9.17) is 21.1 Å². The molecule has 0 fully saturated rings. The summed E-state index contributed by atoms with van der Waals surface area (Å²) in [5, 5.41) is 15.8. The van der Waals surface area contributed by atoms with Crippen LogP contribution in [-0.4, -0.2) is 39.6 Å². The second-order valence-corrected chi connectivity index (χ2v) is 7.55. The number of nitrogens with one attached hydrogen (secondary N) is 1. The maximum absolute atomic E-state index is 13.2. The molecule has 2 aromatic carbocycles. The second kappa shape index (κ2) is 10.4. The average Bonchev–Trinajstić information content (AvgIpc) is 3.12. The third kappa shape index (κ3) is 5.81. The summed E-state index contributed by atoms with van der Waals surface area (Å²) in [4.78, 5) is 0. The molecule has 0 saturated heterocycles. The Morgan fingerprint density at radius 3 is 2.83 bits per heavy atom. The largest absolute Gasteiger partial charge is 0.493 e. The molecule has 1 heterocycles. The number of benzene rings is 2. The average molecular weight is 438 g/mol. The Balaban J connectivity index is 1.59. The molecule has 154 valence electrons. The highest BCUT2D eigenvalue weighted by Gasteiger charge is 2.12. The summed E-state index contributed by atoms with van der Waals surface area (Å²) in [5.41, 5.74) is 1.65. The molecular weight excluding hydrogens is 417 g/mol. The number of rotatable bonds is 10. The van der Waals surface area contributed by atoms with E-state index in [1.807, 2.05) is 25.2 Å². The molecule has 10 heteroatoms. The number of aryl methyl sites for hydroxylation is 1. The van der Waals surface area contributed by atoms with Crippen molar-refractivity contribution in [2.45, 2.75) is 18.3 Å². The highest BCUT2D eigenvalue weighted by atomic mass is 35.5. The number of ether oxygens (including phenoxy) is 2. The summed E-state index contributed by atoms with van der Waals surface area (Å²) in [7, 11) is 3.40. The minimum absolute atomic E-state index is 0.210. The van der Waals surface area contributed by atoms with Crippen LogP contribution in [0.4, 0.5) is 4.39 Å². The second-order valence-electron chi connectivity index (χ2n) is 6.08. The van der Waals surface area contributed by atoms with Gasteiger partial charge in [-0.3, -0.25) is 0 Å². The van der Waals surface area contributed by atoms with Crippen molar-refractivity contribution < 1.29 is 13.9 Å². The quantitative estimate of drug-likeness (QED) is 0.384. The minimum Gasteiger partial charge on any atom is -0.493 e. The first-order valence-corrected chi connectivity index (χ1v) is 10.2. The summed E-state index contributed by atoms with van der Waals surface area (Å²) in [6, 6.07) is 9.96. The van der Waals surface area contributed by atoms with Crippen LogP contribution in [0.1, 0.15) is 11.1 Å². The lowest BCUT2D eigenvalue weighted by atomic mass is 10.1. The zero-order chi connectivity index (χ0) is 20.6. The molecule has 0 aliphatic carbocycles. The number of thioether (sulfide) groups is 1. The molecule has 0 radical (unpaired) electrons.